The molecular formula is C21H30N6O6. The van der Waals surface area contributed by atoms with Crippen molar-refractivity contribution in [2.75, 3.05) is 26.7 Å². The number of nitrogens with zero attached hydrogens (tertiary/aromatic N) is 2. The number of hydrogen-bond donors (Lipinski definition) is 4. The summed E-state index contributed by atoms with van der Waals surface area (Å²) in [6.45, 7) is 2.02. The average molecular weight is 463 g/mol. The summed E-state index contributed by atoms with van der Waals surface area (Å²) >= 11 is 0. The van der Waals surface area contributed by atoms with Gasteiger partial charge in [-0.1, -0.05) is 24.3 Å². The van der Waals surface area contributed by atoms with Gasteiger partial charge in [0.1, 0.15) is 6.04 Å². The van der Waals surface area contributed by atoms with E-state index in [9.17, 15) is 25.0 Å². The van der Waals surface area contributed by atoms with E-state index >= 15 is 0 Å². The molecule has 0 fully saturated rings. The standard InChI is InChI=1S/C11H18N4O2.C10H12N2O4/c12-5-6-14-8-10(13)7-9-1-3-11(4-2-9)15(16)17;1-16-10(13)9(11)6-7-2-4-8(5-3-7)12(14)15/h1-4,10,14H,5-8,12-13H2;2-5,9H,6,11H2,1H3/t10-;9-/m00/s1. The number of ether oxygens (including phenoxy) is 1. The molecule has 0 aliphatic carbocycles. The van der Waals surface area contributed by atoms with Crippen LogP contribution in [-0.4, -0.2) is 54.6 Å². The van der Waals surface area contributed by atoms with Crippen LogP contribution in [0.25, 0.3) is 0 Å². The molecule has 0 unspecified atom stereocenters. The van der Waals surface area contributed by atoms with E-state index in [0.717, 1.165) is 17.7 Å². The number of esters is 1. The minimum atomic E-state index is -0.744. The Morgan fingerprint density at radius 3 is 1.79 bits per heavy atom. The summed E-state index contributed by atoms with van der Waals surface area (Å²) in [4.78, 5) is 31.0. The third-order valence-corrected chi connectivity index (χ3v) is 4.48. The number of nitro benzene ring substituents is 2. The number of non-ortho nitro benzene ring substituents is 2. The van der Waals surface area contributed by atoms with Crippen LogP contribution in [-0.2, 0) is 22.4 Å². The van der Waals surface area contributed by atoms with Gasteiger partial charge in [0.2, 0.25) is 0 Å². The second kappa shape index (κ2) is 14.6. The Kier molecular flexibility index (Phi) is 12.2. The van der Waals surface area contributed by atoms with Crippen LogP contribution in [0.3, 0.4) is 0 Å². The third kappa shape index (κ3) is 10.6. The van der Waals surface area contributed by atoms with Gasteiger partial charge in [-0.05, 0) is 24.0 Å². The van der Waals surface area contributed by atoms with Gasteiger partial charge in [-0.2, -0.15) is 0 Å². The maximum Gasteiger partial charge on any atom is 0.322 e. The van der Waals surface area contributed by atoms with E-state index < -0.39 is 21.9 Å². The van der Waals surface area contributed by atoms with Crippen LogP contribution in [0.2, 0.25) is 0 Å². The lowest BCUT2D eigenvalue weighted by Crippen LogP contribution is -2.37. The van der Waals surface area contributed by atoms with E-state index in [1.54, 1.807) is 24.3 Å². The highest BCUT2D eigenvalue weighted by molar-refractivity contribution is 5.75. The molecule has 12 nitrogen and oxygen atoms in total. The first-order valence-corrected chi connectivity index (χ1v) is 10.1. The van der Waals surface area contributed by atoms with Crippen LogP contribution in [0.1, 0.15) is 11.1 Å². The number of hydrogen-bond acceptors (Lipinski definition) is 10. The lowest BCUT2D eigenvalue weighted by molar-refractivity contribution is -0.385. The summed E-state index contributed by atoms with van der Waals surface area (Å²) < 4.78 is 4.47. The Balaban J connectivity index is 0.000000331. The molecule has 0 saturated carbocycles. The number of carbonyl (C=O) groups excluding carboxylic acids is 1. The Morgan fingerprint density at radius 1 is 0.939 bits per heavy atom. The molecular weight excluding hydrogens is 432 g/mol. The molecule has 2 aromatic rings. The zero-order valence-corrected chi connectivity index (χ0v) is 18.4. The van der Waals surface area contributed by atoms with E-state index in [1.165, 1.54) is 31.4 Å². The minimum absolute atomic E-state index is 0.00962. The zero-order valence-electron chi connectivity index (χ0n) is 18.4. The summed E-state index contributed by atoms with van der Waals surface area (Å²) in [5.41, 5.74) is 18.7. The van der Waals surface area contributed by atoms with Gasteiger partial charge in [0, 0.05) is 49.9 Å². The second-order valence-electron chi connectivity index (χ2n) is 7.14. The van der Waals surface area contributed by atoms with Crippen LogP contribution in [0.15, 0.2) is 48.5 Å². The summed E-state index contributed by atoms with van der Waals surface area (Å²) in [7, 11) is 1.26. The average Bonchev–Trinajstić information content (AvgIpc) is 2.79. The molecule has 0 aliphatic rings. The molecule has 0 radical (unpaired) electrons. The summed E-state index contributed by atoms with van der Waals surface area (Å²) in [5, 5.41) is 24.0. The van der Waals surface area contributed by atoms with Crippen molar-refractivity contribution >= 4 is 17.3 Å². The smallest absolute Gasteiger partial charge is 0.322 e. The molecule has 0 aliphatic heterocycles. The van der Waals surface area contributed by atoms with E-state index in [2.05, 4.69) is 10.1 Å². The number of nitrogens with one attached hydrogen (secondary N) is 1. The topological polar surface area (TPSA) is 203 Å². The van der Waals surface area contributed by atoms with Gasteiger partial charge in [0.05, 0.1) is 17.0 Å². The third-order valence-electron chi connectivity index (χ3n) is 4.48. The molecule has 0 saturated heterocycles. The molecule has 0 heterocycles. The quantitative estimate of drug-likeness (QED) is 0.159. The number of rotatable bonds is 11. The highest BCUT2D eigenvalue weighted by atomic mass is 16.6. The molecule has 2 aromatic carbocycles. The predicted molar refractivity (Wildman–Crippen MR) is 123 cm³/mol. The van der Waals surface area contributed by atoms with Crippen LogP contribution in [0.5, 0.6) is 0 Å². The largest absolute Gasteiger partial charge is 0.468 e. The molecule has 180 valence electrons. The van der Waals surface area contributed by atoms with Crippen molar-refractivity contribution in [2.24, 2.45) is 17.2 Å². The Hall–Kier alpha value is -3.45. The van der Waals surface area contributed by atoms with Gasteiger partial charge in [-0.15, -0.1) is 0 Å². The highest BCUT2D eigenvalue weighted by Gasteiger charge is 2.14. The first-order chi connectivity index (χ1) is 15.7. The van der Waals surface area contributed by atoms with E-state index in [4.69, 9.17) is 17.2 Å². The molecule has 2 atom stereocenters. The second-order valence-corrected chi connectivity index (χ2v) is 7.14. The van der Waals surface area contributed by atoms with Crippen molar-refractivity contribution in [1.29, 1.82) is 0 Å². The number of methoxy groups -OCH3 is 1. The van der Waals surface area contributed by atoms with Crippen LogP contribution < -0.4 is 22.5 Å². The fourth-order valence-electron chi connectivity index (χ4n) is 2.76. The van der Waals surface area contributed by atoms with Crippen molar-refractivity contribution < 1.29 is 19.4 Å². The van der Waals surface area contributed by atoms with Crippen LogP contribution in [0, 0.1) is 20.2 Å². The summed E-state index contributed by atoms with van der Waals surface area (Å²) in [6, 6.07) is 11.6. The van der Waals surface area contributed by atoms with Gasteiger partial charge in [-0.25, -0.2) is 0 Å². The van der Waals surface area contributed by atoms with Crippen molar-refractivity contribution in [3.05, 3.63) is 79.9 Å². The number of nitro groups is 2. The Morgan fingerprint density at radius 2 is 1.39 bits per heavy atom. The van der Waals surface area contributed by atoms with Crippen LogP contribution >= 0.6 is 0 Å². The maximum atomic E-state index is 11.0. The van der Waals surface area contributed by atoms with Gasteiger partial charge < -0.3 is 27.3 Å². The van der Waals surface area contributed by atoms with Gasteiger partial charge in [0.25, 0.3) is 11.4 Å². The number of carbonyl (C=O) groups is 1. The normalized spacial score (nSPS) is 12.1. The minimum Gasteiger partial charge on any atom is -0.468 e. The SMILES string of the molecule is COC(=O)[C@@H](N)Cc1ccc([N+](=O)[O-])cc1.NCCNC[C@@H](N)Cc1ccc([N+](=O)[O-])cc1. The number of benzene rings is 2. The molecule has 2 rings (SSSR count). The van der Waals surface area contributed by atoms with Crippen molar-refractivity contribution in [3.63, 3.8) is 0 Å². The monoisotopic (exact) mass is 462 g/mol. The lowest BCUT2D eigenvalue weighted by Gasteiger charge is -2.12. The number of nitrogens with two attached hydrogens (primary N) is 3. The fraction of sp³-hybridized carbons (Fsp3) is 0.381. The van der Waals surface area contributed by atoms with Crippen molar-refractivity contribution in [3.8, 4) is 0 Å². The predicted octanol–water partition coefficient (Wildman–Crippen LogP) is 0.651. The zero-order chi connectivity index (χ0) is 24.8. The lowest BCUT2D eigenvalue weighted by atomic mass is 10.1. The van der Waals surface area contributed by atoms with Crippen molar-refractivity contribution in [2.45, 2.75) is 24.9 Å². The van der Waals surface area contributed by atoms with E-state index in [-0.39, 0.29) is 17.4 Å². The van der Waals surface area contributed by atoms with E-state index in [0.29, 0.717) is 25.9 Å². The Labute approximate surface area is 191 Å². The van der Waals surface area contributed by atoms with E-state index in [1.807, 2.05) is 0 Å². The van der Waals surface area contributed by atoms with Gasteiger partial charge in [0.15, 0.2) is 0 Å². The molecule has 33 heavy (non-hydrogen) atoms. The molecule has 0 aromatic heterocycles. The molecule has 7 N–H and O–H groups in total. The molecule has 0 amide bonds. The first kappa shape index (κ1) is 27.6. The molecule has 0 spiro atoms. The van der Waals surface area contributed by atoms with Crippen molar-refractivity contribution in [1.82, 2.24) is 5.32 Å². The molecule has 0 bridgehead atoms. The Bertz CT molecular complexity index is 891. The van der Waals surface area contributed by atoms with Crippen LogP contribution in [0.4, 0.5) is 11.4 Å². The highest BCUT2D eigenvalue weighted by Crippen LogP contribution is 2.13. The molecule has 12 heteroatoms. The van der Waals surface area contributed by atoms with Gasteiger partial charge in [-0.3, -0.25) is 25.0 Å². The maximum absolute atomic E-state index is 11.0. The fourth-order valence-corrected chi connectivity index (χ4v) is 2.76. The van der Waals surface area contributed by atoms with Gasteiger partial charge >= 0.3 is 5.97 Å². The first-order valence-electron chi connectivity index (χ1n) is 10.1. The summed E-state index contributed by atoms with van der Waals surface area (Å²) in [6.07, 6.45) is 0.986. The summed E-state index contributed by atoms with van der Waals surface area (Å²) in [5.74, 6) is -0.502.